The molecule has 2 aliphatic rings. The van der Waals surface area contributed by atoms with E-state index in [9.17, 15) is 4.79 Å². The third-order valence-corrected chi connectivity index (χ3v) is 5.32. The zero-order valence-electron chi connectivity index (χ0n) is 18.0. The van der Waals surface area contributed by atoms with Gasteiger partial charge in [-0.3, -0.25) is 9.79 Å². The highest BCUT2D eigenvalue weighted by Crippen LogP contribution is 2.16. The van der Waals surface area contributed by atoms with E-state index in [1.165, 1.54) is 25.9 Å². The Balaban J connectivity index is 0.00000392. The fourth-order valence-corrected chi connectivity index (χ4v) is 3.92. The molecule has 2 heterocycles. The lowest BCUT2D eigenvalue weighted by Gasteiger charge is -2.37. The van der Waals surface area contributed by atoms with Gasteiger partial charge < -0.3 is 24.8 Å². The molecule has 2 rings (SSSR count). The third-order valence-electron chi connectivity index (χ3n) is 5.32. The fraction of sp³-hybridized carbons (Fsp3) is 0.900. The topological polar surface area (TPSA) is 60.4 Å². The molecule has 0 radical (unpaired) electrons. The largest absolute Gasteiger partial charge is 0.368 e. The Morgan fingerprint density at radius 2 is 1.75 bits per heavy atom. The Kier molecular flexibility index (Phi) is 13.1. The van der Waals surface area contributed by atoms with E-state index in [0.29, 0.717) is 0 Å². The summed E-state index contributed by atoms with van der Waals surface area (Å²) in [5, 5.41) is 3.50. The van der Waals surface area contributed by atoms with E-state index < -0.39 is 0 Å². The van der Waals surface area contributed by atoms with Crippen LogP contribution >= 0.6 is 24.0 Å². The first-order valence-corrected chi connectivity index (χ1v) is 10.8. The smallest absolute Gasteiger partial charge is 0.251 e. The first kappa shape index (κ1) is 25.4. The van der Waals surface area contributed by atoms with Gasteiger partial charge in [0.1, 0.15) is 6.10 Å². The molecular weight excluding hydrogens is 469 g/mol. The van der Waals surface area contributed by atoms with Gasteiger partial charge in [0.25, 0.3) is 5.91 Å². The minimum Gasteiger partial charge on any atom is -0.368 e. The summed E-state index contributed by atoms with van der Waals surface area (Å²) in [5.41, 5.74) is 0. The summed E-state index contributed by atoms with van der Waals surface area (Å²) in [6.45, 7) is 12.8. The number of guanidine groups is 1. The standard InChI is InChI=1S/C20H39N5O2.HI/c1-4-10-23(11-5-2)12-7-9-22-20(21-3)25-15-13-24(14-16-25)19(26)18-8-6-17-27-18;/h18H,4-17H2,1-3H3,(H,21,22);1H. The van der Waals surface area contributed by atoms with Gasteiger partial charge in [-0.1, -0.05) is 13.8 Å². The number of carbonyl (C=O) groups excluding carboxylic acids is 1. The van der Waals surface area contributed by atoms with Gasteiger partial charge >= 0.3 is 0 Å². The molecule has 0 saturated carbocycles. The molecule has 0 aromatic rings. The Labute approximate surface area is 188 Å². The molecule has 1 atom stereocenters. The number of halogens is 1. The maximum atomic E-state index is 12.5. The van der Waals surface area contributed by atoms with Crippen LogP contribution in [0.15, 0.2) is 4.99 Å². The number of rotatable bonds is 9. The quantitative estimate of drug-likeness (QED) is 0.223. The van der Waals surface area contributed by atoms with Gasteiger partial charge in [-0.25, -0.2) is 0 Å². The molecule has 0 aliphatic carbocycles. The first-order valence-electron chi connectivity index (χ1n) is 10.8. The second kappa shape index (κ2) is 14.4. The van der Waals surface area contributed by atoms with E-state index in [1.54, 1.807) is 0 Å². The highest BCUT2D eigenvalue weighted by molar-refractivity contribution is 14.0. The van der Waals surface area contributed by atoms with Crippen molar-refractivity contribution in [3.63, 3.8) is 0 Å². The SMILES string of the molecule is CCCN(CCC)CCCNC(=NC)N1CCN(C(=O)C2CCCO2)CC1.I. The number of ether oxygens (including phenoxy) is 1. The van der Waals surface area contributed by atoms with E-state index in [4.69, 9.17) is 4.74 Å². The number of hydrogen-bond donors (Lipinski definition) is 1. The lowest BCUT2D eigenvalue weighted by molar-refractivity contribution is -0.142. The van der Waals surface area contributed by atoms with Crippen LogP contribution in [0, 0.1) is 0 Å². The molecule has 2 saturated heterocycles. The Morgan fingerprint density at radius 3 is 2.29 bits per heavy atom. The van der Waals surface area contributed by atoms with Crippen LogP contribution in [-0.4, -0.2) is 98.7 Å². The van der Waals surface area contributed by atoms with Crippen LogP contribution in [0.3, 0.4) is 0 Å². The first-order chi connectivity index (χ1) is 13.2. The van der Waals surface area contributed by atoms with Crippen molar-refractivity contribution >= 4 is 35.8 Å². The number of hydrogen-bond acceptors (Lipinski definition) is 4. The van der Waals surface area contributed by atoms with Gasteiger partial charge in [0.15, 0.2) is 5.96 Å². The highest BCUT2D eigenvalue weighted by atomic mass is 127. The maximum absolute atomic E-state index is 12.5. The number of nitrogens with one attached hydrogen (secondary N) is 1. The van der Waals surface area contributed by atoms with Crippen LogP contribution in [0.2, 0.25) is 0 Å². The third kappa shape index (κ3) is 8.02. The molecule has 8 heteroatoms. The summed E-state index contributed by atoms with van der Waals surface area (Å²) in [6.07, 6.45) is 5.21. The van der Waals surface area contributed by atoms with Crippen LogP contribution in [0.4, 0.5) is 0 Å². The van der Waals surface area contributed by atoms with Crippen LogP contribution in [0.5, 0.6) is 0 Å². The highest BCUT2D eigenvalue weighted by Gasteiger charge is 2.30. The maximum Gasteiger partial charge on any atom is 0.251 e. The molecule has 0 aromatic carbocycles. The van der Waals surface area contributed by atoms with Crippen LogP contribution in [0.1, 0.15) is 46.0 Å². The van der Waals surface area contributed by atoms with Gasteiger partial charge in [0, 0.05) is 46.4 Å². The van der Waals surface area contributed by atoms with Crippen molar-refractivity contribution in [2.75, 3.05) is 66.0 Å². The van der Waals surface area contributed by atoms with E-state index in [1.807, 2.05) is 11.9 Å². The molecule has 0 aromatic heterocycles. The molecule has 1 amide bonds. The zero-order chi connectivity index (χ0) is 19.5. The second-order valence-corrected chi connectivity index (χ2v) is 7.48. The molecule has 1 N–H and O–H groups in total. The molecular formula is C20H40IN5O2. The summed E-state index contributed by atoms with van der Waals surface area (Å²) < 4.78 is 5.54. The van der Waals surface area contributed by atoms with Gasteiger partial charge in [-0.15, -0.1) is 24.0 Å². The van der Waals surface area contributed by atoms with E-state index in [2.05, 4.69) is 34.0 Å². The van der Waals surface area contributed by atoms with Crippen LogP contribution in [0.25, 0.3) is 0 Å². The van der Waals surface area contributed by atoms with Crippen molar-refractivity contribution < 1.29 is 9.53 Å². The molecule has 2 aliphatic heterocycles. The van der Waals surface area contributed by atoms with Crippen LogP contribution in [-0.2, 0) is 9.53 Å². The molecule has 1 unspecified atom stereocenters. The van der Waals surface area contributed by atoms with Crippen molar-refractivity contribution in [3.05, 3.63) is 0 Å². The number of aliphatic imine (C=N–C) groups is 1. The van der Waals surface area contributed by atoms with Gasteiger partial charge in [0.05, 0.1) is 0 Å². The zero-order valence-corrected chi connectivity index (χ0v) is 20.3. The Hall–Kier alpha value is -0.610. The predicted molar refractivity (Wildman–Crippen MR) is 126 cm³/mol. The van der Waals surface area contributed by atoms with Crippen molar-refractivity contribution in [1.82, 2.24) is 20.0 Å². The summed E-state index contributed by atoms with van der Waals surface area (Å²) in [5.74, 6) is 1.12. The Bertz CT molecular complexity index is 458. The average molecular weight is 509 g/mol. The minimum atomic E-state index is -0.205. The second-order valence-electron chi connectivity index (χ2n) is 7.48. The normalized spacial score (nSPS) is 20.4. The van der Waals surface area contributed by atoms with Crippen molar-refractivity contribution in [1.29, 1.82) is 0 Å². The lowest BCUT2D eigenvalue weighted by Crippen LogP contribution is -2.55. The van der Waals surface area contributed by atoms with E-state index in [-0.39, 0.29) is 36.0 Å². The number of carbonyl (C=O) groups is 1. The predicted octanol–water partition coefficient (Wildman–Crippen LogP) is 2.02. The minimum absolute atomic E-state index is 0. The van der Waals surface area contributed by atoms with Crippen LogP contribution < -0.4 is 5.32 Å². The summed E-state index contributed by atoms with van der Waals surface area (Å²) in [4.78, 5) is 23.6. The number of piperazine rings is 1. The molecule has 0 spiro atoms. The fourth-order valence-electron chi connectivity index (χ4n) is 3.92. The van der Waals surface area contributed by atoms with Crippen molar-refractivity contribution in [3.8, 4) is 0 Å². The van der Waals surface area contributed by atoms with E-state index in [0.717, 1.165) is 71.1 Å². The molecule has 164 valence electrons. The Morgan fingerprint density at radius 1 is 1.11 bits per heavy atom. The van der Waals surface area contributed by atoms with Gasteiger partial charge in [0.2, 0.25) is 0 Å². The summed E-state index contributed by atoms with van der Waals surface area (Å²) in [7, 11) is 1.84. The molecule has 0 bridgehead atoms. The molecule has 7 nitrogen and oxygen atoms in total. The molecule has 2 fully saturated rings. The average Bonchev–Trinajstić information content (AvgIpc) is 3.23. The monoisotopic (exact) mass is 509 g/mol. The van der Waals surface area contributed by atoms with Gasteiger partial charge in [-0.05, 0) is 51.7 Å². The number of nitrogens with zero attached hydrogens (tertiary/aromatic N) is 4. The summed E-state index contributed by atoms with van der Waals surface area (Å²) in [6, 6.07) is 0. The van der Waals surface area contributed by atoms with Crippen molar-refractivity contribution in [2.45, 2.75) is 52.1 Å². The van der Waals surface area contributed by atoms with E-state index >= 15 is 0 Å². The van der Waals surface area contributed by atoms with Crippen molar-refractivity contribution in [2.24, 2.45) is 4.99 Å². The van der Waals surface area contributed by atoms with Gasteiger partial charge in [-0.2, -0.15) is 0 Å². The lowest BCUT2D eigenvalue weighted by atomic mass is 10.2. The number of amides is 1. The molecule has 28 heavy (non-hydrogen) atoms. The summed E-state index contributed by atoms with van der Waals surface area (Å²) >= 11 is 0.